The molecule has 0 spiro atoms. The molecule has 2 N–H and O–H groups in total. The van der Waals surface area contributed by atoms with Crippen LogP contribution in [-0.4, -0.2) is 15.9 Å². The van der Waals surface area contributed by atoms with E-state index in [-0.39, 0.29) is 0 Å². The van der Waals surface area contributed by atoms with Gasteiger partial charge in [0.1, 0.15) is 0 Å². The largest absolute Gasteiger partial charge is 0.342 e. The highest BCUT2D eigenvalue weighted by atomic mass is 35.5. The van der Waals surface area contributed by atoms with E-state index >= 15 is 0 Å². The Labute approximate surface area is 182 Å². The number of nitrogens with zero attached hydrogens (tertiary/aromatic N) is 2. The van der Waals surface area contributed by atoms with Gasteiger partial charge >= 0.3 is 0 Å². The minimum absolute atomic E-state index is 0.473. The van der Waals surface area contributed by atoms with Crippen molar-refractivity contribution in [2.24, 2.45) is 5.10 Å². The Morgan fingerprint density at radius 3 is 2.38 bits per heavy atom. The molecule has 1 aromatic heterocycles. The number of aromatic nitrogens is 1. The van der Waals surface area contributed by atoms with Gasteiger partial charge in [0.2, 0.25) is 0 Å². The van der Waals surface area contributed by atoms with Crippen molar-refractivity contribution in [1.82, 2.24) is 9.99 Å². The predicted octanol–water partition coefficient (Wildman–Crippen LogP) is 5.64. The van der Waals surface area contributed by atoms with Gasteiger partial charge in [-0.3, -0.25) is 5.43 Å². The molecular formula is C23H25ClN4S. The first-order valence-corrected chi connectivity index (χ1v) is 10.5. The van der Waals surface area contributed by atoms with Crippen molar-refractivity contribution in [3.05, 3.63) is 88.2 Å². The molecule has 0 aliphatic rings. The lowest BCUT2D eigenvalue weighted by Gasteiger charge is -2.15. The van der Waals surface area contributed by atoms with Crippen LogP contribution >= 0.6 is 23.8 Å². The van der Waals surface area contributed by atoms with E-state index in [1.165, 1.54) is 11.1 Å². The van der Waals surface area contributed by atoms with Crippen molar-refractivity contribution >= 4 is 40.8 Å². The van der Waals surface area contributed by atoms with Gasteiger partial charge in [-0.25, -0.2) is 0 Å². The highest BCUT2D eigenvalue weighted by Crippen LogP contribution is 2.22. The number of anilines is 1. The molecule has 3 aromatic rings. The Balaban J connectivity index is 1.65. The monoisotopic (exact) mass is 424 g/mol. The predicted molar refractivity (Wildman–Crippen MR) is 127 cm³/mol. The number of aryl methyl sites for hydroxylation is 2. The maximum absolute atomic E-state index is 6.28. The van der Waals surface area contributed by atoms with Gasteiger partial charge in [-0.2, -0.15) is 5.10 Å². The summed E-state index contributed by atoms with van der Waals surface area (Å²) >= 11 is 11.7. The minimum Gasteiger partial charge on any atom is -0.342 e. The maximum atomic E-state index is 6.28. The molecule has 150 valence electrons. The van der Waals surface area contributed by atoms with Crippen molar-refractivity contribution in [1.29, 1.82) is 0 Å². The van der Waals surface area contributed by atoms with Crippen LogP contribution in [0.2, 0.25) is 5.02 Å². The summed E-state index contributed by atoms with van der Waals surface area (Å²) < 4.78 is 2.09. The molecule has 6 heteroatoms. The average Bonchev–Trinajstić information content (AvgIpc) is 3.16. The molecular weight excluding hydrogens is 400 g/mol. The summed E-state index contributed by atoms with van der Waals surface area (Å²) in [5.41, 5.74) is 8.51. The van der Waals surface area contributed by atoms with Crippen molar-refractivity contribution in [2.45, 2.75) is 33.2 Å². The Kier molecular flexibility index (Phi) is 7.44. The van der Waals surface area contributed by atoms with Crippen LogP contribution in [-0.2, 0) is 19.4 Å². The van der Waals surface area contributed by atoms with E-state index in [1.54, 1.807) is 6.21 Å². The third kappa shape index (κ3) is 5.46. The summed E-state index contributed by atoms with van der Waals surface area (Å²) in [5, 5.41) is 8.85. The molecule has 29 heavy (non-hydrogen) atoms. The number of benzene rings is 2. The van der Waals surface area contributed by atoms with Gasteiger partial charge in [0.05, 0.1) is 11.9 Å². The summed E-state index contributed by atoms with van der Waals surface area (Å²) in [6, 6.07) is 18.2. The van der Waals surface area contributed by atoms with E-state index in [1.807, 2.05) is 42.6 Å². The van der Waals surface area contributed by atoms with Crippen LogP contribution in [0.5, 0.6) is 0 Å². The fraction of sp³-hybridized carbons (Fsp3) is 0.217. The smallest absolute Gasteiger partial charge is 0.191 e. The third-order valence-electron chi connectivity index (χ3n) is 4.76. The van der Waals surface area contributed by atoms with Gasteiger partial charge in [-0.1, -0.05) is 61.8 Å². The lowest BCUT2D eigenvalue weighted by molar-refractivity contribution is 0.799. The SMILES string of the molecule is CCc1cccc(CC)c1NC(=S)N/N=C\c1cccn1Cc1ccccc1Cl. The van der Waals surface area contributed by atoms with Gasteiger partial charge in [0.15, 0.2) is 5.11 Å². The standard InChI is InChI=1S/C23H25ClN4S/c1-3-17-10-7-11-18(4-2)22(17)26-23(29)27-25-15-20-12-8-14-28(20)16-19-9-5-6-13-21(19)24/h5-15H,3-4,16H2,1-2H3,(H2,26,27,29)/b25-15-. The van der Waals surface area contributed by atoms with Gasteiger partial charge in [0, 0.05) is 23.5 Å². The summed E-state index contributed by atoms with van der Waals surface area (Å²) in [5.74, 6) is 0. The second-order valence-electron chi connectivity index (χ2n) is 6.63. The van der Waals surface area contributed by atoms with Gasteiger partial charge in [-0.05, 0) is 59.9 Å². The lowest BCUT2D eigenvalue weighted by Crippen LogP contribution is -2.25. The van der Waals surface area contributed by atoms with Crippen LogP contribution in [0.25, 0.3) is 0 Å². The summed E-state index contributed by atoms with van der Waals surface area (Å²) in [7, 11) is 0. The van der Waals surface area contributed by atoms with Gasteiger partial charge in [0.25, 0.3) is 0 Å². The first kappa shape index (κ1) is 21.1. The molecule has 3 rings (SSSR count). The van der Waals surface area contributed by atoms with Crippen LogP contribution in [0, 0.1) is 0 Å². The molecule has 1 heterocycles. The number of halogens is 1. The Bertz CT molecular complexity index is 987. The number of para-hydroxylation sites is 1. The van der Waals surface area contributed by atoms with Crippen LogP contribution in [0.15, 0.2) is 65.9 Å². The number of rotatable bonds is 7. The van der Waals surface area contributed by atoms with E-state index in [4.69, 9.17) is 23.8 Å². The van der Waals surface area contributed by atoms with E-state index < -0.39 is 0 Å². The molecule has 0 radical (unpaired) electrons. The van der Waals surface area contributed by atoms with Gasteiger partial charge in [-0.15, -0.1) is 0 Å². The molecule has 0 aliphatic heterocycles. The topological polar surface area (TPSA) is 41.4 Å². The summed E-state index contributed by atoms with van der Waals surface area (Å²) in [4.78, 5) is 0. The van der Waals surface area contributed by atoms with Crippen LogP contribution in [0.4, 0.5) is 5.69 Å². The van der Waals surface area contributed by atoms with Crippen molar-refractivity contribution in [3.8, 4) is 0 Å². The Morgan fingerprint density at radius 2 is 1.69 bits per heavy atom. The zero-order valence-corrected chi connectivity index (χ0v) is 18.2. The highest BCUT2D eigenvalue weighted by molar-refractivity contribution is 7.80. The number of thiocarbonyl (C=S) groups is 1. The maximum Gasteiger partial charge on any atom is 0.191 e. The Morgan fingerprint density at radius 1 is 1.00 bits per heavy atom. The first-order chi connectivity index (χ1) is 14.1. The second-order valence-corrected chi connectivity index (χ2v) is 7.45. The lowest BCUT2D eigenvalue weighted by atomic mass is 10.0. The van der Waals surface area contributed by atoms with E-state index in [2.05, 4.69) is 52.5 Å². The molecule has 0 fully saturated rings. The average molecular weight is 425 g/mol. The number of hydrazone groups is 1. The zero-order valence-electron chi connectivity index (χ0n) is 16.7. The van der Waals surface area contributed by atoms with Crippen LogP contribution < -0.4 is 10.7 Å². The fourth-order valence-electron chi connectivity index (χ4n) is 3.20. The van der Waals surface area contributed by atoms with E-state index in [0.717, 1.165) is 34.8 Å². The Hall–Kier alpha value is -2.63. The minimum atomic E-state index is 0.473. The molecule has 2 aromatic carbocycles. The second kappa shape index (κ2) is 10.2. The summed E-state index contributed by atoms with van der Waals surface area (Å²) in [6.45, 7) is 4.96. The van der Waals surface area contributed by atoms with E-state index in [9.17, 15) is 0 Å². The number of hydrogen-bond acceptors (Lipinski definition) is 2. The molecule has 0 saturated carbocycles. The molecule has 0 unspecified atom stereocenters. The normalized spacial score (nSPS) is 11.0. The quantitative estimate of drug-likeness (QED) is 0.293. The molecule has 4 nitrogen and oxygen atoms in total. The van der Waals surface area contributed by atoms with Crippen molar-refractivity contribution < 1.29 is 0 Å². The summed E-state index contributed by atoms with van der Waals surface area (Å²) in [6.07, 6.45) is 5.65. The van der Waals surface area contributed by atoms with Gasteiger partial charge < -0.3 is 9.88 Å². The number of hydrogen-bond donors (Lipinski definition) is 2. The fourth-order valence-corrected chi connectivity index (χ4v) is 3.55. The van der Waals surface area contributed by atoms with E-state index in [0.29, 0.717) is 11.7 Å². The van der Waals surface area contributed by atoms with Crippen LogP contribution in [0.3, 0.4) is 0 Å². The molecule has 0 bridgehead atoms. The molecule has 0 saturated heterocycles. The molecule has 0 atom stereocenters. The molecule has 0 aliphatic carbocycles. The van der Waals surface area contributed by atoms with Crippen molar-refractivity contribution in [2.75, 3.05) is 5.32 Å². The number of nitrogens with one attached hydrogen (secondary N) is 2. The first-order valence-electron chi connectivity index (χ1n) is 9.71. The third-order valence-corrected chi connectivity index (χ3v) is 5.33. The highest BCUT2D eigenvalue weighted by Gasteiger charge is 2.08. The van der Waals surface area contributed by atoms with Crippen LogP contribution in [0.1, 0.15) is 36.2 Å². The molecule has 0 amide bonds. The zero-order chi connectivity index (χ0) is 20.6. The van der Waals surface area contributed by atoms with Crippen molar-refractivity contribution in [3.63, 3.8) is 0 Å².